The SMILES string of the molecule is COc1ccc(-n2cnnc2)c(CNC(=O)c2cn(Cc3cn4cc(C5CC5)ccc4n3)nn2)c1F.COc1ccc(-n2cnnc2)c(CNC(=O)c2cn(Cc3cn4cc(C5CC5)ccc4n3)nn2)c1F. The average Bonchev–Trinajstić information content (AvgIpc) is 3.85. The summed E-state index contributed by atoms with van der Waals surface area (Å²) in [6.45, 7) is 0.530. The average molecular weight is 975 g/mol. The van der Waals surface area contributed by atoms with Crippen molar-refractivity contribution in [1.29, 1.82) is 0 Å². The molecule has 0 unspecified atom stereocenters. The van der Waals surface area contributed by atoms with Crippen molar-refractivity contribution in [3.63, 3.8) is 0 Å². The first-order valence-electron chi connectivity index (χ1n) is 22.9. The molecule has 8 heterocycles. The van der Waals surface area contributed by atoms with E-state index in [1.165, 1.54) is 101 Å². The van der Waals surface area contributed by atoms with Crippen LogP contribution in [-0.4, -0.2) is 104 Å². The maximum atomic E-state index is 15.0. The molecule has 10 aromatic rings. The monoisotopic (exact) mass is 974 g/mol. The predicted octanol–water partition coefficient (Wildman–Crippen LogP) is 5.02. The number of benzene rings is 2. The van der Waals surface area contributed by atoms with Crippen LogP contribution in [0.5, 0.6) is 11.5 Å². The van der Waals surface area contributed by atoms with Crippen LogP contribution in [0.4, 0.5) is 8.78 Å². The number of methoxy groups -OCH3 is 2. The van der Waals surface area contributed by atoms with Gasteiger partial charge in [-0.2, -0.15) is 0 Å². The summed E-state index contributed by atoms with van der Waals surface area (Å²) in [5, 5.41) is 36.5. The first-order chi connectivity index (χ1) is 35.2. The molecule has 8 aromatic heterocycles. The number of ether oxygens (including phenoxy) is 2. The number of aromatic nitrogens is 16. The summed E-state index contributed by atoms with van der Waals surface area (Å²) in [5.74, 6) is -0.666. The van der Waals surface area contributed by atoms with Crippen molar-refractivity contribution in [2.45, 2.75) is 63.7 Å². The van der Waals surface area contributed by atoms with E-state index in [4.69, 9.17) is 9.47 Å². The highest BCUT2D eigenvalue weighted by Crippen LogP contribution is 2.40. The summed E-state index contributed by atoms with van der Waals surface area (Å²) < 4.78 is 50.5. The summed E-state index contributed by atoms with van der Waals surface area (Å²) in [6, 6.07) is 14.6. The fraction of sp³-hybridized carbons (Fsp3) is 0.250. The molecule has 2 aliphatic carbocycles. The van der Waals surface area contributed by atoms with E-state index < -0.39 is 23.4 Å². The van der Waals surface area contributed by atoms with Gasteiger partial charge in [0.25, 0.3) is 11.8 Å². The van der Waals surface area contributed by atoms with Gasteiger partial charge in [0.15, 0.2) is 34.5 Å². The Morgan fingerprint density at radius 2 is 0.986 bits per heavy atom. The topological polar surface area (TPSA) is 234 Å². The molecular weight excluding hydrogens is 931 g/mol. The van der Waals surface area contributed by atoms with Crippen molar-refractivity contribution in [2.75, 3.05) is 14.2 Å². The van der Waals surface area contributed by atoms with Crippen molar-refractivity contribution in [1.82, 2.24) is 88.9 Å². The fourth-order valence-corrected chi connectivity index (χ4v) is 8.37. The summed E-state index contributed by atoms with van der Waals surface area (Å²) in [7, 11) is 2.76. The van der Waals surface area contributed by atoms with Crippen LogP contribution in [0.2, 0.25) is 0 Å². The van der Waals surface area contributed by atoms with E-state index in [9.17, 15) is 9.59 Å². The quantitative estimate of drug-likeness (QED) is 0.130. The minimum Gasteiger partial charge on any atom is -0.494 e. The zero-order valence-electron chi connectivity index (χ0n) is 38.7. The third-order valence-corrected chi connectivity index (χ3v) is 12.4. The van der Waals surface area contributed by atoms with Gasteiger partial charge < -0.3 is 28.9 Å². The van der Waals surface area contributed by atoms with Crippen LogP contribution in [0.25, 0.3) is 22.7 Å². The molecule has 2 aliphatic rings. The van der Waals surface area contributed by atoms with Gasteiger partial charge in [-0.1, -0.05) is 22.6 Å². The molecule has 12 rings (SSSR count). The number of pyridine rings is 2. The highest BCUT2D eigenvalue weighted by atomic mass is 19.1. The molecule has 0 atom stereocenters. The number of halogens is 2. The van der Waals surface area contributed by atoms with E-state index in [1.54, 1.807) is 30.6 Å². The second-order valence-electron chi connectivity index (χ2n) is 17.3. The summed E-state index contributed by atoms with van der Waals surface area (Å²) >= 11 is 0. The number of fused-ring (bicyclic) bond motifs is 2. The maximum Gasteiger partial charge on any atom is 0.273 e. The molecule has 2 fully saturated rings. The van der Waals surface area contributed by atoms with Crippen LogP contribution in [0, 0.1) is 11.6 Å². The maximum absolute atomic E-state index is 15.0. The molecule has 22 nitrogen and oxygen atoms in total. The van der Waals surface area contributed by atoms with Gasteiger partial charge in [0.2, 0.25) is 0 Å². The van der Waals surface area contributed by atoms with Gasteiger partial charge in [-0.3, -0.25) is 18.7 Å². The fourth-order valence-electron chi connectivity index (χ4n) is 8.37. The third kappa shape index (κ3) is 9.55. The van der Waals surface area contributed by atoms with Crippen molar-refractivity contribution >= 4 is 23.1 Å². The van der Waals surface area contributed by atoms with E-state index >= 15 is 8.78 Å². The minimum atomic E-state index is -0.579. The summed E-state index contributed by atoms with van der Waals surface area (Å²) in [5.41, 5.74) is 7.63. The number of rotatable bonds is 16. The molecule has 0 aliphatic heterocycles. The Hall–Kier alpha value is -9.22. The second kappa shape index (κ2) is 19.3. The van der Waals surface area contributed by atoms with E-state index in [0.29, 0.717) is 36.3 Å². The number of hydrogen-bond acceptors (Lipinski definition) is 14. The molecule has 2 amide bonds. The van der Waals surface area contributed by atoms with Crippen molar-refractivity contribution in [3.05, 3.63) is 168 Å². The van der Waals surface area contributed by atoms with Crippen LogP contribution in [0.1, 0.15) is 92.1 Å². The number of imidazole rings is 2. The zero-order chi connectivity index (χ0) is 49.3. The Balaban J connectivity index is 0.000000156. The molecule has 0 saturated heterocycles. The van der Waals surface area contributed by atoms with Gasteiger partial charge in [0, 0.05) is 49.0 Å². The second-order valence-corrected chi connectivity index (χ2v) is 17.3. The predicted molar refractivity (Wildman–Crippen MR) is 251 cm³/mol. The van der Waals surface area contributed by atoms with Gasteiger partial charge in [0.1, 0.15) is 36.6 Å². The van der Waals surface area contributed by atoms with Crippen molar-refractivity contribution in [3.8, 4) is 22.9 Å². The van der Waals surface area contributed by atoms with E-state index in [0.717, 1.165) is 22.7 Å². The molecule has 72 heavy (non-hydrogen) atoms. The molecule has 2 aromatic carbocycles. The van der Waals surface area contributed by atoms with Crippen LogP contribution in [-0.2, 0) is 26.2 Å². The van der Waals surface area contributed by atoms with Crippen molar-refractivity contribution < 1.29 is 27.8 Å². The smallest absolute Gasteiger partial charge is 0.273 e. The third-order valence-electron chi connectivity index (χ3n) is 12.4. The number of hydrogen-bond donors (Lipinski definition) is 2. The molecule has 2 saturated carbocycles. The van der Waals surface area contributed by atoms with E-state index in [2.05, 4.69) is 86.1 Å². The first kappa shape index (κ1) is 45.2. The Kier molecular flexibility index (Phi) is 12.1. The number of carbonyl (C=O) groups excluding carboxylic acids is 2. The molecule has 24 heteroatoms. The lowest BCUT2D eigenvalue weighted by Gasteiger charge is -2.14. The van der Waals surface area contributed by atoms with Crippen LogP contribution >= 0.6 is 0 Å². The lowest BCUT2D eigenvalue weighted by atomic mass is 10.1. The summed E-state index contributed by atoms with van der Waals surface area (Å²) in [4.78, 5) is 34.8. The Morgan fingerprint density at radius 1 is 0.569 bits per heavy atom. The molecule has 0 radical (unpaired) electrons. The zero-order valence-corrected chi connectivity index (χ0v) is 38.7. The van der Waals surface area contributed by atoms with Gasteiger partial charge in [-0.25, -0.2) is 28.1 Å². The minimum absolute atomic E-state index is 0.0683. The highest BCUT2D eigenvalue weighted by Gasteiger charge is 2.26. The molecule has 364 valence electrons. The number of carbonyl (C=O) groups is 2. The number of nitrogens with zero attached hydrogens (tertiary/aromatic N) is 16. The Morgan fingerprint density at radius 3 is 1.38 bits per heavy atom. The highest BCUT2D eigenvalue weighted by molar-refractivity contribution is 5.92. The lowest BCUT2D eigenvalue weighted by molar-refractivity contribution is 0.0937. The van der Waals surface area contributed by atoms with Crippen molar-refractivity contribution in [2.24, 2.45) is 0 Å². The van der Waals surface area contributed by atoms with Gasteiger partial charge in [-0.05, 0) is 85.0 Å². The first-order valence-corrected chi connectivity index (χ1v) is 22.9. The van der Waals surface area contributed by atoms with E-state index in [-0.39, 0.29) is 47.1 Å². The molecule has 0 spiro atoms. The van der Waals surface area contributed by atoms with Crippen LogP contribution < -0.4 is 20.1 Å². The standard InChI is InChI=1S/2C24H22FN9O2/c2*1-36-21-6-5-20(33-13-27-28-14-33)18(23(21)25)8-26-24(35)19-12-34(31-30-19)11-17-10-32-9-16(15-2-3-15)4-7-22(32)29-17/h2*4-7,9-10,12-15H,2-3,8,11H2,1H3,(H,26,35). The summed E-state index contributed by atoms with van der Waals surface area (Å²) in [6.07, 6.45) is 22.0. The lowest BCUT2D eigenvalue weighted by Crippen LogP contribution is -2.24. The molecule has 2 N–H and O–H groups in total. The molecular formula is C48H44F2N18O4. The largest absolute Gasteiger partial charge is 0.494 e. The number of amides is 2. The van der Waals surface area contributed by atoms with Crippen LogP contribution in [0.15, 0.2) is 111 Å². The molecule has 0 bridgehead atoms. The Bertz CT molecular complexity index is 3340. The Labute approximate surface area is 407 Å². The van der Waals surface area contributed by atoms with Gasteiger partial charge in [0.05, 0.1) is 62.5 Å². The normalized spacial score (nSPS) is 13.3. The van der Waals surface area contributed by atoms with Crippen LogP contribution in [0.3, 0.4) is 0 Å². The van der Waals surface area contributed by atoms with Gasteiger partial charge in [-0.15, -0.1) is 30.6 Å². The number of nitrogens with one attached hydrogen (secondary N) is 2. The van der Waals surface area contributed by atoms with E-state index in [1.807, 2.05) is 33.3 Å². The van der Waals surface area contributed by atoms with Gasteiger partial charge >= 0.3 is 0 Å².